The van der Waals surface area contributed by atoms with Gasteiger partial charge in [-0.25, -0.2) is 4.98 Å². The zero-order valence-corrected chi connectivity index (χ0v) is 16.5. The van der Waals surface area contributed by atoms with Crippen LogP contribution in [0.25, 0.3) is 5.69 Å². The third kappa shape index (κ3) is 4.71. The average Bonchev–Trinajstić information content (AvgIpc) is 3.29. The molecule has 0 spiro atoms. The lowest BCUT2D eigenvalue weighted by molar-refractivity contribution is -0.113. The number of ether oxygens (including phenoxy) is 1. The van der Waals surface area contributed by atoms with Crippen LogP contribution >= 0.6 is 11.8 Å². The quantitative estimate of drug-likeness (QED) is 0.647. The molecule has 27 heavy (non-hydrogen) atoms. The normalized spacial score (nSPS) is 11.4. The second-order valence-corrected chi connectivity index (χ2v) is 7.88. The Hall–Kier alpha value is -2.74. The number of nitrogens with one attached hydrogen (secondary N) is 1. The molecule has 8 heteroatoms. The molecule has 1 amide bonds. The highest BCUT2D eigenvalue weighted by atomic mass is 32.2. The Kier molecular flexibility index (Phi) is 5.55. The van der Waals surface area contributed by atoms with Crippen molar-refractivity contribution in [2.75, 3.05) is 18.2 Å². The molecule has 0 aliphatic carbocycles. The van der Waals surface area contributed by atoms with Gasteiger partial charge in [0.1, 0.15) is 5.75 Å². The minimum absolute atomic E-state index is 0.135. The van der Waals surface area contributed by atoms with E-state index in [1.54, 1.807) is 19.4 Å². The van der Waals surface area contributed by atoms with Gasteiger partial charge in [0.2, 0.25) is 11.8 Å². The maximum absolute atomic E-state index is 12.2. The molecule has 1 aromatic carbocycles. The molecule has 0 saturated heterocycles. The topological polar surface area (TPSA) is 82.2 Å². The molecule has 0 radical (unpaired) electrons. The number of aromatic nitrogens is 3. The number of methoxy groups -OCH3 is 1. The maximum Gasteiger partial charge on any atom is 0.237 e. The fraction of sp³-hybridized carbons (Fsp3) is 0.316. The lowest BCUT2D eigenvalue weighted by Gasteiger charge is -2.12. The van der Waals surface area contributed by atoms with Crippen molar-refractivity contribution in [1.29, 1.82) is 0 Å². The number of rotatable bonds is 6. The van der Waals surface area contributed by atoms with Crippen molar-refractivity contribution in [2.45, 2.75) is 31.3 Å². The molecular weight excluding hydrogens is 364 g/mol. The van der Waals surface area contributed by atoms with Crippen LogP contribution in [0.15, 0.2) is 52.4 Å². The fourth-order valence-electron chi connectivity index (χ4n) is 2.33. The molecule has 0 aliphatic rings. The number of imidazole rings is 1. The SMILES string of the molecule is COc1ccc(-n2ccnc2SCC(=O)Nc2cc(C(C)(C)C)no2)cc1. The number of benzene rings is 1. The summed E-state index contributed by atoms with van der Waals surface area (Å²) in [5, 5.41) is 7.45. The second kappa shape index (κ2) is 7.87. The summed E-state index contributed by atoms with van der Waals surface area (Å²) in [7, 11) is 1.63. The molecule has 0 aliphatic heterocycles. The molecule has 3 aromatic rings. The Bertz CT molecular complexity index is 910. The van der Waals surface area contributed by atoms with Crippen LogP contribution in [-0.4, -0.2) is 33.5 Å². The fourth-order valence-corrected chi connectivity index (χ4v) is 3.10. The van der Waals surface area contributed by atoms with Gasteiger partial charge in [0.25, 0.3) is 0 Å². The Labute approximate surface area is 162 Å². The number of nitrogens with zero attached hydrogens (tertiary/aromatic N) is 3. The van der Waals surface area contributed by atoms with E-state index < -0.39 is 0 Å². The van der Waals surface area contributed by atoms with Crippen LogP contribution in [0.5, 0.6) is 5.75 Å². The molecule has 3 rings (SSSR count). The molecule has 142 valence electrons. The van der Waals surface area contributed by atoms with E-state index >= 15 is 0 Å². The van der Waals surface area contributed by atoms with Gasteiger partial charge in [-0.2, -0.15) is 0 Å². The van der Waals surface area contributed by atoms with Crippen molar-refractivity contribution in [3.8, 4) is 11.4 Å². The van der Waals surface area contributed by atoms with Gasteiger partial charge in [-0.1, -0.05) is 37.7 Å². The smallest absolute Gasteiger partial charge is 0.237 e. The van der Waals surface area contributed by atoms with Crippen molar-refractivity contribution in [3.63, 3.8) is 0 Å². The van der Waals surface area contributed by atoms with Gasteiger partial charge in [0.05, 0.1) is 18.6 Å². The molecule has 0 saturated carbocycles. The first-order valence-electron chi connectivity index (χ1n) is 8.44. The van der Waals surface area contributed by atoms with Gasteiger partial charge < -0.3 is 9.26 Å². The van der Waals surface area contributed by atoms with Crippen LogP contribution in [0.2, 0.25) is 0 Å². The molecule has 2 aromatic heterocycles. The maximum atomic E-state index is 12.2. The van der Waals surface area contributed by atoms with Gasteiger partial charge in [-0.05, 0) is 24.3 Å². The predicted molar refractivity (Wildman–Crippen MR) is 105 cm³/mol. The highest BCUT2D eigenvalue weighted by Crippen LogP contribution is 2.25. The third-order valence-electron chi connectivity index (χ3n) is 3.83. The van der Waals surface area contributed by atoms with Crippen LogP contribution in [0, 0.1) is 0 Å². The van der Waals surface area contributed by atoms with Crippen molar-refractivity contribution in [1.82, 2.24) is 14.7 Å². The Morgan fingerprint density at radius 1 is 1.30 bits per heavy atom. The molecule has 0 bridgehead atoms. The van der Waals surface area contributed by atoms with Gasteiger partial charge in [-0.3, -0.25) is 14.7 Å². The molecular formula is C19H22N4O3S. The van der Waals surface area contributed by atoms with E-state index in [4.69, 9.17) is 9.26 Å². The number of hydrogen-bond donors (Lipinski definition) is 1. The van der Waals surface area contributed by atoms with E-state index in [0.29, 0.717) is 5.88 Å². The summed E-state index contributed by atoms with van der Waals surface area (Å²) in [5.41, 5.74) is 1.60. The van der Waals surface area contributed by atoms with Crippen LogP contribution in [0.1, 0.15) is 26.5 Å². The Morgan fingerprint density at radius 2 is 2.04 bits per heavy atom. The minimum Gasteiger partial charge on any atom is -0.497 e. The van der Waals surface area contributed by atoms with Gasteiger partial charge in [-0.15, -0.1) is 0 Å². The van der Waals surface area contributed by atoms with E-state index in [0.717, 1.165) is 22.3 Å². The van der Waals surface area contributed by atoms with E-state index in [9.17, 15) is 4.79 Å². The number of hydrogen-bond acceptors (Lipinski definition) is 6. The summed E-state index contributed by atoms with van der Waals surface area (Å²) in [4.78, 5) is 16.6. The lowest BCUT2D eigenvalue weighted by atomic mass is 9.92. The molecule has 2 heterocycles. The first-order chi connectivity index (χ1) is 12.9. The van der Waals surface area contributed by atoms with Crippen molar-refractivity contribution in [3.05, 3.63) is 48.4 Å². The lowest BCUT2D eigenvalue weighted by Crippen LogP contribution is -2.14. The highest BCUT2D eigenvalue weighted by Gasteiger charge is 2.20. The summed E-state index contributed by atoms with van der Waals surface area (Å²) in [6, 6.07) is 9.39. The molecule has 0 fully saturated rings. The summed E-state index contributed by atoms with van der Waals surface area (Å²) < 4.78 is 12.3. The minimum atomic E-state index is -0.180. The number of anilines is 1. The molecule has 0 unspecified atom stereocenters. The van der Waals surface area contributed by atoms with E-state index in [1.807, 2.05) is 55.8 Å². The Morgan fingerprint density at radius 3 is 2.67 bits per heavy atom. The van der Waals surface area contributed by atoms with Crippen molar-refractivity contribution < 1.29 is 14.1 Å². The largest absolute Gasteiger partial charge is 0.497 e. The van der Waals surface area contributed by atoms with Gasteiger partial charge in [0, 0.05) is 29.6 Å². The first kappa shape index (κ1) is 19.0. The van der Waals surface area contributed by atoms with Crippen LogP contribution in [-0.2, 0) is 10.2 Å². The van der Waals surface area contributed by atoms with Crippen molar-refractivity contribution >= 4 is 23.6 Å². The summed E-state index contributed by atoms with van der Waals surface area (Å²) >= 11 is 1.34. The molecule has 0 atom stereocenters. The molecule has 1 N–H and O–H groups in total. The molecule has 7 nitrogen and oxygen atoms in total. The number of amides is 1. The van der Waals surface area contributed by atoms with Crippen LogP contribution in [0.4, 0.5) is 5.88 Å². The highest BCUT2D eigenvalue weighted by molar-refractivity contribution is 7.99. The van der Waals surface area contributed by atoms with E-state index in [-0.39, 0.29) is 17.1 Å². The second-order valence-electron chi connectivity index (χ2n) is 6.94. The zero-order valence-electron chi connectivity index (χ0n) is 15.7. The van der Waals surface area contributed by atoms with Crippen LogP contribution in [0.3, 0.4) is 0 Å². The number of thioether (sulfide) groups is 1. The number of carbonyl (C=O) groups excluding carboxylic acids is 1. The predicted octanol–water partition coefficient (Wildman–Crippen LogP) is 3.90. The zero-order chi connectivity index (χ0) is 19.4. The summed E-state index contributed by atoms with van der Waals surface area (Å²) in [6.45, 7) is 6.10. The summed E-state index contributed by atoms with van der Waals surface area (Å²) in [6.07, 6.45) is 3.56. The van der Waals surface area contributed by atoms with Crippen LogP contribution < -0.4 is 10.1 Å². The number of carbonyl (C=O) groups is 1. The van der Waals surface area contributed by atoms with Gasteiger partial charge >= 0.3 is 0 Å². The van der Waals surface area contributed by atoms with Gasteiger partial charge in [0.15, 0.2) is 5.16 Å². The van der Waals surface area contributed by atoms with E-state index in [2.05, 4.69) is 15.5 Å². The average molecular weight is 386 g/mol. The first-order valence-corrected chi connectivity index (χ1v) is 9.43. The monoisotopic (exact) mass is 386 g/mol. The third-order valence-corrected chi connectivity index (χ3v) is 4.80. The van der Waals surface area contributed by atoms with E-state index in [1.165, 1.54) is 11.8 Å². The standard InChI is InChI=1S/C19H22N4O3S/c1-19(2,3)15-11-17(26-22-15)21-16(24)12-27-18-20-9-10-23(18)13-5-7-14(25-4)8-6-13/h5-11H,12H2,1-4H3,(H,21,24). The van der Waals surface area contributed by atoms with Crippen molar-refractivity contribution in [2.24, 2.45) is 0 Å². The Balaban J connectivity index is 1.61. The summed E-state index contributed by atoms with van der Waals surface area (Å²) in [5.74, 6) is 1.16.